The molecule has 0 spiro atoms. The second-order valence-corrected chi connectivity index (χ2v) is 9.57. The monoisotopic (exact) mass is 549 g/mol. The Labute approximate surface area is 236 Å². The standard InChI is InChI=1S/C31H27N5O3S/c1-38-27-18-14-25(15-19-27)30-34-35-31(36(30)26-10-6-3-7-11-26)40-22-29(37)33-32-20-23-12-16-28(17-13-23)39-21-24-8-4-2-5-9-24/h2-20H,21-22H2,1H3,(H,33,37)/b32-20-. The van der Waals surface area contributed by atoms with Crippen molar-refractivity contribution in [1.29, 1.82) is 0 Å². The highest BCUT2D eigenvalue weighted by Crippen LogP contribution is 2.29. The average Bonchev–Trinajstić information content (AvgIpc) is 3.44. The third-order valence-electron chi connectivity index (χ3n) is 5.86. The quantitative estimate of drug-likeness (QED) is 0.128. The molecule has 0 saturated carbocycles. The minimum Gasteiger partial charge on any atom is -0.497 e. The maximum atomic E-state index is 12.5. The molecule has 5 rings (SSSR count). The molecule has 1 amide bonds. The first kappa shape index (κ1) is 26.7. The summed E-state index contributed by atoms with van der Waals surface area (Å²) in [6.45, 7) is 0.502. The molecule has 1 heterocycles. The molecule has 0 saturated heterocycles. The van der Waals surface area contributed by atoms with Gasteiger partial charge in [-0.3, -0.25) is 9.36 Å². The zero-order valence-electron chi connectivity index (χ0n) is 21.8. The number of para-hydroxylation sites is 1. The summed E-state index contributed by atoms with van der Waals surface area (Å²) in [5, 5.41) is 13.5. The summed E-state index contributed by atoms with van der Waals surface area (Å²) in [5.74, 6) is 2.06. The van der Waals surface area contributed by atoms with E-state index in [0.717, 1.165) is 33.9 Å². The van der Waals surface area contributed by atoms with Crippen LogP contribution >= 0.6 is 11.8 Å². The zero-order valence-corrected chi connectivity index (χ0v) is 22.6. The fraction of sp³-hybridized carbons (Fsp3) is 0.0968. The summed E-state index contributed by atoms with van der Waals surface area (Å²) in [4.78, 5) is 12.5. The van der Waals surface area contributed by atoms with Gasteiger partial charge < -0.3 is 9.47 Å². The number of rotatable bonds is 11. The third kappa shape index (κ3) is 6.95. The van der Waals surface area contributed by atoms with E-state index in [9.17, 15) is 4.79 Å². The maximum Gasteiger partial charge on any atom is 0.250 e. The SMILES string of the molecule is COc1ccc(-c2nnc(SCC(=O)N/N=C\c3ccc(OCc4ccccc4)cc3)n2-c2ccccc2)cc1. The Morgan fingerprint density at radius 2 is 1.55 bits per heavy atom. The third-order valence-corrected chi connectivity index (χ3v) is 6.79. The number of methoxy groups -OCH3 is 1. The van der Waals surface area contributed by atoms with Gasteiger partial charge in [-0.15, -0.1) is 10.2 Å². The first-order valence-corrected chi connectivity index (χ1v) is 13.5. The number of amides is 1. The molecule has 0 bridgehead atoms. The second-order valence-electron chi connectivity index (χ2n) is 8.63. The first-order valence-electron chi connectivity index (χ1n) is 12.6. The molecule has 200 valence electrons. The number of hydrogen-bond acceptors (Lipinski definition) is 7. The van der Waals surface area contributed by atoms with Gasteiger partial charge >= 0.3 is 0 Å². The van der Waals surface area contributed by atoms with Crippen LogP contribution in [0.15, 0.2) is 119 Å². The minimum absolute atomic E-state index is 0.122. The van der Waals surface area contributed by atoms with E-state index in [-0.39, 0.29) is 11.7 Å². The topological polar surface area (TPSA) is 90.6 Å². The summed E-state index contributed by atoms with van der Waals surface area (Å²) in [6.07, 6.45) is 1.60. The highest BCUT2D eigenvalue weighted by molar-refractivity contribution is 7.99. The van der Waals surface area contributed by atoms with Crippen molar-refractivity contribution >= 4 is 23.9 Å². The number of carbonyl (C=O) groups excluding carboxylic acids is 1. The number of thioether (sulfide) groups is 1. The summed E-state index contributed by atoms with van der Waals surface area (Å²) in [6, 6.07) is 34.9. The number of hydrazone groups is 1. The molecule has 0 aliphatic heterocycles. The van der Waals surface area contributed by atoms with Crippen LogP contribution in [-0.4, -0.2) is 39.7 Å². The van der Waals surface area contributed by atoms with Gasteiger partial charge in [-0.2, -0.15) is 5.10 Å². The molecule has 5 aromatic rings. The van der Waals surface area contributed by atoms with Crippen molar-refractivity contribution in [1.82, 2.24) is 20.2 Å². The van der Waals surface area contributed by atoms with Crippen molar-refractivity contribution in [2.24, 2.45) is 5.10 Å². The molecule has 0 radical (unpaired) electrons. The molecule has 8 nitrogen and oxygen atoms in total. The Morgan fingerprint density at radius 3 is 2.25 bits per heavy atom. The summed E-state index contributed by atoms with van der Waals surface area (Å²) < 4.78 is 13.0. The Kier molecular flexibility index (Phi) is 8.85. The predicted octanol–water partition coefficient (Wildman–Crippen LogP) is 5.76. The van der Waals surface area contributed by atoms with Crippen LogP contribution < -0.4 is 14.9 Å². The van der Waals surface area contributed by atoms with Crippen LogP contribution in [0.5, 0.6) is 11.5 Å². The lowest BCUT2D eigenvalue weighted by molar-refractivity contribution is -0.118. The van der Waals surface area contributed by atoms with E-state index in [2.05, 4.69) is 20.7 Å². The van der Waals surface area contributed by atoms with E-state index >= 15 is 0 Å². The summed E-state index contributed by atoms with van der Waals surface area (Å²) in [5.41, 5.74) is 6.31. The number of aromatic nitrogens is 3. The molecular weight excluding hydrogens is 522 g/mol. The van der Waals surface area contributed by atoms with Gasteiger partial charge in [0, 0.05) is 11.3 Å². The Hall–Kier alpha value is -4.89. The van der Waals surface area contributed by atoms with E-state index < -0.39 is 0 Å². The van der Waals surface area contributed by atoms with Crippen LogP contribution in [-0.2, 0) is 11.4 Å². The number of benzene rings is 4. The number of hydrogen-bond donors (Lipinski definition) is 1. The smallest absolute Gasteiger partial charge is 0.250 e. The molecule has 0 unspecified atom stereocenters. The van der Waals surface area contributed by atoms with Crippen molar-refractivity contribution in [2.75, 3.05) is 12.9 Å². The van der Waals surface area contributed by atoms with Gasteiger partial charge in [0.25, 0.3) is 5.91 Å². The van der Waals surface area contributed by atoms with E-state index in [1.54, 1.807) is 13.3 Å². The van der Waals surface area contributed by atoms with Crippen molar-refractivity contribution in [3.05, 3.63) is 120 Å². The molecule has 40 heavy (non-hydrogen) atoms. The molecular formula is C31H27N5O3S. The van der Waals surface area contributed by atoms with Crippen LogP contribution in [0.4, 0.5) is 0 Å². The molecule has 0 aliphatic carbocycles. The number of nitrogens with zero attached hydrogens (tertiary/aromatic N) is 4. The second kappa shape index (κ2) is 13.3. The Balaban J connectivity index is 1.18. The van der Waals surface area contributed by atoms with E-state index in [1.807, 2.05) is 114 Å². The van der Waals surface area contributed by atoms with Gasteiger partial charge in [0.2, 0.25) is 0 Å². The van der Waals surface area contributed by atoms with E-state index in [1.165, 1.54) is 11.8 Å². The molecule has 1 N–H and O–H groups in total. The van der Waals surface area contributed by atoms with Crippen molar-refractivity contribution in [2.45, 2.75) is 11.8 Å². The Bertz CT molecular complexity index is 1550. The lowest BCUT2D eigenvalue weighted by Crippen LogP contribution is -2.20. The highest BCUT2D eigenvalue weighted by Gasteiger charge is 2.17. The van der Waals surface area contributed by atoms with Crippen LogP contribution in [0.25, 0.3) is 17.1 Å². The largest absolute Gasteiger partial charge is 0.497 e. The van der Waals surface area contributed by atoms with Crippen molar-refractivity contribution in [3.8, 4) is 28.6 Å². The van der Waals surface area contributed by atoms with Gasteiger partial charge in [0.1, 0.15) is 18.1 Å². The lowest BCUT2D eigenvalue weighted by Gasteiger charge is -2.10. The molecule has 9 heteroatoms. The number of ether oxygens (including phenoxy) is 2. The minimum atomic E-state index is -0.252. The molecule has 0 aliphatic rings. The lowest BCUT2D eigenvalue weighted by atomic mass is 10.2. The number of carbonyl (C=O) groups is 1. The van der Waals surface area contributed by atoms with E-state index in [0.29, 0.717) is 17.6 Å². The first-order chi connectivity index (χ1) is 19.7. The average molecular weight is 550 g/mol. The van der Waals surface area contributed by atoms with Gasteiger partial charge in [-0.25, -0.2) is 5.43 Å². The predicted molar refractivity (Wildman–Crippen MR) is 157 cm³/mol. The maximum absolute atomic E-state index is 12.5. The van der Waals surface area contributed by atoms with Crippen LogP contribution in [0, 0.1) is 0 Å². The highest BCUT2D eigenvalue weighted by atomic mass is 32.2. The van der Waals surface area contributed by atoms with Crippen LogP contribution in [0.1, 0.15) is 11.1 Å². The summed E-state index contributed by atoms with van der Waals surface area (Å²) in [7, 11) is 1.63. The van der Waals surface area contributed by atoms with Crippen molar-refractivity contribution in [3.63, 3.8) is 0 Å². The van der Waals surface area contributed by atoms with Crippen LogP contribution in [0.2, 0.25) is 0 Å². The number of nitrogens with one attached hydrogen (secondary N) is 1. The van der Waals surface area contributed by atoms with Crippen molar-refractivity contribution < 1.29 is 14.3 Å². The molecule has 4 aromatic carbocycles. The fourth-order valence-electron chi connectivity index (χ4n) is 3.83. The fourth-order valence-corrected chi connectivity index (χ4v) is 4.58. The molecule has 1 aromatic heterocycles. The van der Waals surface area contributed by atoms with Gasteiger partial charge in [-0.05, 0) is 71.8 Å². The molecule has 0 fully saturated rings. The van der Waals surface area contributed by atoms with Gasteiger partial charge in [-0.1, -0.05) is 60.3 Å². The summed E-state index contributed by atoms with van der Waals surface area (Å²) >= 11 is 1.29. The van der Waals surface area contributed by atoms with Gasteiger partial charge in [0.05, 0.1) is 19.1 Å². The van der Waals surface area contributed by atoms with E-state index in [4.69, 9.17) is 9.47 Å². The Morgan fingerprint density at radius 1 is 0.875 bits per heavy atom. The van der Waals surface area contributed by atoms with Crippen LogP contribution in [0.3, 0.4) is 0 Å². The van der Waals surface area contributed by atoms with Gasteiger partial charge in [0.15, 0.2) is 11.0 Å². The normalized spacial score (nSPS) is 10.9. The molecule has 0 atom stereocenters. The zero-order chi connectivity index (χ0) is 27.6.